The van der Waals surface area contributed by atoms with Crippen LogP contribution in [0.3, 0.4) is 0 Å². The van der Waals surface area contributed by atoms with Gasteiger partial charge < -0.3 is 4.90 Å². The summed E-state index contributed by atoms with van der Waals surface area (Å²) in [5.41, 5.74) is 2.53. The fourth-order valence-corrected chi connectivity index (χ4v) is 3.97. The predicted molar refractivity (Wildman–Crippen MR) is 78.4 cm³/mol. The summed E-state index contributed by atoms with van der Waals surface area (Å²) in [4.78, 5) is 13.6. The van der Waals surface area contributed by atoms with Crippen LogP contribution in [0.25, 0.3) is 0 Å². The lowest BCUT2D eigenvalue weighted by atomic mass is 10.0. The van der Waals surface area contributed by atoms with Crippen molar-refractivity contribution in [2.24, 2.45) is 0 Å². The van der Waals surface area contributed by atoms with Crippen LogP contribution >= 0.6 is 0 Å². The van der Waals surface area contributed by atoms with Crippen LogP contribution in [-0.2, 0) is 21.2 Å². The Hall–Kier alpha value is -1.56. The summed E-state index contributed by atoms with van der Waals surface area (Å²) in [6, 6.07) is 5.42. The number of hydrogen-bond donors (Lipinski definition) is 1. The summed E-state index contributed by atoms with van der Waals surface area (Å²) >= 11 is 0. The number of sulfonamides is 1. The van der Waals surface area contributed by atoms with Gasteiger partial charge in [-0.15, -0.1) is 0 Å². The molecular formula is C14H18N2O3S. The third kappa shape index (κ3) is 2.40. The van der Waals surface area contributed by atoms with E-state index < -0.39 is 10.0 Å². The van der Waals surface area contributed by atoms with E-state index >= 15 is 0 Å². The van der Waals surface area contributed by atoms with Crippen LogP contribution in [0.1, 0.15) is 31.7 Å². The van der Waals surface area contributed by atoms with Crippen LogP contribution in [-0.4, -0.2) is 26.1 Å². The summed E-state index contributed by atoms with van der Waals surface area (Å²) in [7, 11) is -3.23. The molecule has 3 rings (SSSR count). The number of anilines is 2. The van der Waals surface area contributed by atoms with Gasteiger partial charge in [-0.3, -0.25) is 9.52 Å². The molecule has 1 saturated carbocycles. The van der Waals surface area contributed by atoms with E-state index in [1.807, 2.05) is 19.1 Å². The first kappa shape index (κ1) is 13.4. The Morgan fingerprint density at radius 2 is 2.05 bits per heavy atom. The molecule has 1 fully saturated rings. The van der Waals surface area contributed by atoms with Crippen LogP contribution in [0, 0.1) is 0 Å². The van der Waals surface area contributed by atoms with Crippen molar-refractivity contribution in [3.63, 3.8) is 0 Å². The summed E-state index contributed by atoms with van der Waals surface area (Å²) in [5.74, 6) is 0.131. The van der Waals surface area contributed by atoms with Crippen LogP contribution in [0.5, 0.6) is 0 Å². The van der Waals surface area contributed by atoms with Crippen molar-refractivity contribution in [1.29, 1.82) is 0 Å². The molecule has 1 heterocycles. The van der Waals surface area contributed by atoms with E-state index in [2.05, 4.69) is 4.72 Å². The number of rotatable bonds is 4. The maximum Gasteiger partial charge on any atom is 0.235 e. The fourth-order valence-electron chi connectivity index (χ4n) is 2.60. The van der Waals surface area contributed by atoms with E-state index in [0.717, 1.165) is 24.1 Å². The quantitative estimate of drug-likeness (QED) is 0.922. The van der Waals surface area contributed by atoms with Crippen molar-refractivity contribution >= 4 is 27.3 Å². The molecule has 0 saturated heterocycles. The highest BCUT2D eigenvalue weighted by Gasteiger charge is 2.35. The van der Waals surface area contributed by atoms with Crippen molar-refractivity contribution in [2.75, 3.05) is 16.2 Å². The first-order valence-corrected chi connectivity index (χ1v) is 8.51. The molecule has 0 radical (unpaired) electrons. The Bertz CT molecular complexity index is 650. The molecule has 1 amide bonds. The van der Waals surface area contributed by atoms with Crippen molar-refractivity contribution in [3.05, 3.63) is 23.8 Å². The van der Waals surface area contributed by atoms with Gasteiger partial charge in [-0.05, 0) is 49.9 Å². The lowest BCUT2D eigenvalue weighted by Gasteiger charge is -2.28. The van der Waals surface area contributed by atoms with Gasteiger partial charge in [-0.25, -0.2) is 8.42 Å². The minimum absolute atomic E-state index is 0.131. The van der Waals surface area contributed by atoms with E-state index in [1.165, 1.54) is 0 Å². The second-order valence-electron chi connectivity index (χ2n) is 5.33. The summed E-state index contributed by atoms with van der Waals surface area (Å²) in [5, 5.41) is -0.229. The number of benzene rings is 1. The summed E-state index contributed by atoms with van der Waals surface area (Å²) in [6.45, 7) is 2.58. The lowest BCUT2D eigenvalue weighted by Crippen LogP contribution is -2.34. The Morgan fingerprint density at radius 1 is 1.30 bits per heavy atom. The average molecular weight is 294 g/mol. The van der Waals surface area contributed by atoms with Crippen molar-refractivity contribution < 1.29 is 13.2 Å². The van der Waals surface area contributed by atoms with Crippen LogP contribution in [0.2, 0.25) is 0 Å². The maximum absolute atomic E-state index is 11.9. The smallest absolute Gasteiger partial charge is 0.235 e. The van der Waals surface area contributed by atoms with Crippen LogP contribution < -0.4 is 9.62 Å². The van der Waals surface area contributed by atoms with Crippen molar-refractivity contribution in [2.45, 2.75) is 37.9 Å². The first-order valence-electron chi connectivity index (χ1n) is 6.96. The van der Waals surface area contributed by atoms with E-state index in [4.69, 9.17) is 0 Å². The molecule has 0 unspecified atom stereocenters. The van der Waals surface area contributed by atoms with Gasteiger partial charge in [-0.2, -0.15) is 0 Å². The van der Waals surface area contributed by atoms with Crippen molar-refractivity contribution in [3.8, 4) is 0 Å². The minimum Gasteiger partial charge on any atom is -0.312 e. The molecular weight excluding hydrogens is 276 g/mol. The topological polar surface area (TPSA) is 66.5 Å². The highest BCUT2D eigenvalue weighted by Crippen LogP contribution is 2.33. The number of hydrogen-bond acceptors (Lipinski definition) is 3. The second-order valence-corrected chi connectivity index (χ2v) is 7.29. The number of carbonyl (C=O) groups excluding carboxylic acids is 1. The largest absolute Gasteiger partial charge is 0.312 e. The summed E-state index contributed by atoms with van der Waals surface area (Å²) < 4.78 is 26.5. The fraction of sp³-hybridized carbons (Fsp3) is 0.500. The molecule has 1 aromatic carbocycles. The van der Waals surface area contributed by atoms with E-state index in [0.29, 0.717) is 25.1 Å². The number of nitrogens with one attached hydrogen (secondary N) is 1. The molecule has 6 heteroatoms. The molecule has 0 bridgehead atoms. The van der Waals surface area contributed by atoms with Gasteiger partial charge in [0, 0.05) is 24.3 Å². The molecule has 1 N–H and O–H groups in total. The Balaban J connectivity index is 1.88. The monoisotopic (exact) mass is 294 g/mol. The first-order chi connectivity index (χ1) is 9.51. The van der Waals surface area contributed by atoms with Gasteiger partial charge >= 0.3 is 0 Å². The molecule has 108 valence electrons. The number of nitrogens with zero attached hydrogens (tertiary/aromatic N) is 1. The van der Waals surface area contributed by atoms with Crippen LogP contribution in [0.4, 0.5) is 11.4 Å². The Labute approximate surface area is 119 Å². The van der Waals surface area contributed by atoms with Crippen molar-refractivity contribution in [1.82, 2.24) is 0 Å². The number of carbonyl (C=O) groups is 1. The standard InChI is InChI=1S/C14H18N2O3S/c1-2-16-13-7-4-11(9-10(13)3-8-14(16)17)15-20(18,19)12-5-6-12/h4,7,9,12,15H,2-3,5-6,8H2,1H3. The van der Waals surface area contributed by atoms with E-state index in [1.54, 1.807) is 11.0 Å². The Morgan fingerprint density at radius 3 is 2.70 bits per heavy atom. The molecule has 5 nitrogen and oxygen atoms in total. The van der Waals surface area contributed by atoms with E-state index in [-0.39, 0.29) is 11.2 Å². The van der Waals surface area contributed by atoms with Gasteiger partial charge in [0.15, 0.2) is 0 Å². The predicted octanol–water partition coefficient (Wildman–Crippen LogP) is 1.89. The number of aryl methyl sites for hydroxylation is 1. The normalized spacial score (nSPS) is 18.9. The average Bonchev–Trinajstić information content (AvgIpc) is 3.23. The molecule has 1 aromatic rings. The SMILES string of the molecule is CCN1C(=O)CCc2cc(NS(=O)(=O)C3CC3)ccc21. The van der Waals surface area contributed by atoms with E-state index in [9.17, 15) is 13.2 Å². The summed E-state index contributed by atoms with van der Waals surface area (Å²) in [6.07, 6.45) is 2.65. The lowest BCUT2D eigenvalue weighted by molar-refractivity contribution is -0.118. The van der Waals surface area contributed by atoms with Gasteiger partial charge in [0.1, 0.15) is 0 Å². The zero-order chi connectivity index (χ0) is 14.3. The van der Waals surface area contributed by atoms with Gasteiger partial charge in [0.05, 0.1) is 5.25 Å². The molecule has 0 atom stereocenters. The molecule has 0 spiro atoms. The third-order valence-electron chi connectivity index (χ3n) is 3.82. The zero-order valence-corrected chi connectivity index (χ0v) is 12.2. The molecule has 2 aliphatic rings. The van der Waals surface area contributed by atoms with Crippen LogP contribution in [0.15, 0.2) is 18.2 Å². The van der Waals surface area contributed by atoms with Gasteiger partial charge in [0.25, 0.3) is 0 Å². The van der Waals surface area contributed by atoms with Gasteiger partial charge in [0.2, 0.25) is 15.9 Å². The molecule has 0 aromatic heterocycles. The molecule has 20 heavy (non-hydrogen) atoms. The zero-order valence-electron chi connectivity index (χ0n) is 11.4. The Kier molecular flexibility index (Phi) is 3.20. The molecule has 1 aliphatic carbocycles. The highest BCUT2D eigenvalue weighted by molar-refractivity contribution is 7.93. The second kappa shape index (κ2) is 4.77. The maximum atomic E-state index is 11.9. The van der Waals surface area contributed by atoms with Gasteiger partial charge in [-0.1, -0.05) is 0 Å². The number of fused-ring (bicyclic) bond motifs is 1. The minimum atomic E-state index is -3.23. The highest BCUT2D eigenvalue weighted by atomic mass is 32.2. The molecule has 1 aliphatic heterocycles. The third-order valence-corrected chi connectivity index (χ3v) is 5.69. The number of amides is 1.